The predicted molar refractivity (Wildman–Crippen MR) is 151 cm³/mol. The first-order chi connectivity index (χ1) is 15.9. The number of rotatable bonds is 10. The third-order valence-electron chi connectivity index (χ3n) is 5.13. The highest BCUT2D eigenvalue weighted by Gasteiger charge is 2.19. The van der Waals surface area contributed by atoms with Crippen molar-refractivity contribution in [1.82, 2.24) is 0 Å². The van der Waals surface area contributed by atoms with Crippen molar-refractivity contribution in [2.24, 2.45) is 0 Å². The molecule has 0 fully saturated rings. The minimum Gasteiger partial charge on any atom is -0.399 e. The number of thiocarbonyl (C=S) groups is 1. The van der Waals surface area contributed by atoms with Gasteiger partial charge in [0.1, 0.15) is 5.94 Å². The first-order valence-electron chi connectivity index (χ1n) is 10.8. The Hall–Kier alpha value is -3.52. The van der Waals surface area contributed by atoms with Gasteiger partial charge >= 0.3 is 0 Å². The number of carbonyl (C=O) groups excluding carboxylic acids is 1. The molecule has 0 saturated heterocycles. The van der Waals surface area contributed by atoms with Crippen LogP contribution in [0.2, 0.25) is 0 Å². The summed E-state index contributed by atoms with van der Waals surface area (Å²) >= 11 is 5.02. The van der Waals surface area contributed by atoms with Crippen molar-refractivity contribution in [3.63, 3.8) is 0 Å². The topological polar surface area (TPSA) is 43.1 Å². The van der Waals surface area contributed by atoms with Crippen molar-refractivity contribution in [2.45, 2.75) is 32.6 Å². The zero-order valence-corrected chi connectivity index (χ0v) is 20.5. The molecule has 170 valence electrons. The predicted octanol–water partition coefficient (Wildman–Crippen LogP) is 8.03. The van der Waals surface area contributed by atoms with Gasteiger partial charge in [0.2, 0.25) is 0 Å². The van der Waals surface area contributed by atoms with Gasteiger partial charge in [-0.1, -0.05) is 88.3 Å². The summed E-state index contributed by atoms with van der Waals surface area (Å²) < 4.78 is 0. The molecule has 2 rings (SSSR count). The van der Waals surface area contributed by atoms with Crippen LogP contribution < -0.4 is 5.73 Å². The standard InChI is InChI=1S/C26H25NOS.C4H8/c1-5-21-8-7-20(15-22(21)6-2)16-25(18(3)13-14-29)26(17-28)19(4)23-9-11-24(27)12-10-23;1-3-4-2/h5-12,14-16,19H,1-3,13,27H2,4H3;3H,1,4H2,2H3/b25-16-;. The van der Waals surface area contributed by atoms with E-state index in [0.29, 0.717) is 17.7 Å². The monoisotopic (exact) mass is 455 g/mol. The fourth-order valence-corrected chi connectivity index (χ4v) is 3.32. The van der Waals surface area contributed by atoms with Crippen LogP contribution in [0.5, 0.6) is 0 Å². The molecule has 3 heteroatoms. The summed E-state index contributed by atoms with van der Waals surface area (Å²) in [6.45, 7) is 19.4. The summed E-state index contributed by atoms with van der Waals surface area (Å²) in [6, 6.07) is 13.5. The van der Waals surface area contributed by atoms with Crippen molar-refractivity contribution in [2.75, 3.05) is 5.73 Å². The first kappa shape index (κ1) is 27.5. The van der Waals surface area contributed by atoms with Gasteiger partial charge in [-0.2, -0.15) is 0 Å². The molecule has 0 radical (unpaired) electrons. The van der Waals surface area contributed by atoms with Crippen molar-refractivity contribution >= 4 is 47.4 Å². The van der Waals surface area contributed by atoms with Gasteiger partial charge in [-0.15, -0.1) is 6.58 Å². The lowest BCUT2D eigenvalue weighted by atomic mass is 9.84. The highest BCUT2D eigenvalue weighted by Crippen LogP contribution is 2.33. The van der Waals surface area contributed by atoms with Gasteiger partial charge in [0.05, 0.1) is 5.57 Å². The third-order valence-corrected chi connectivity index (χ3v) is 5.30. The van der Waals surface area contributed by atoms with E-state index in [2.05, 4.69) is 39.2 Å². The minimum atomic E-state index is -0.174. The highest BCUT2D eigenvalue weighted by molar-refractivity contribution is 7.79. The second-order valence-corrected chi connectivity index (χ2v) is 7.76. The first-order valence-corrected chi connectivity index (χ1v) is 11.3. The molecule has 0 bridgehead atoms. The molecule has 0 heterocycles. The number of benzene rings is 2. The summed E-state index contributed by atoms with van der Waals surface area (Å²) in [5.41, 5.74) is 12.4. The van der Waals surface area contributed by atoms with E-state index >= 15 is 0 Å². The number of hydrogen-bond donors (Lipinski definition) is 1. The molecule has 0 amide bonds. The Bertz CT molecular complexity index is 1080. The van der Waals surface area contributed by atoms with Gasteiger partial charge in [0.15, 0.2) is 0 Å². The van der Waals surface area contributed by atoms with E-state index in [4.69, 9.17) is 18.0 Å². The Morgan fingerprint density at radius 2 is 1.70 bits per heavy atom. The van der Waals surface area contributed by atoms with E-state index in [1.165, 1.54) is 0 Å². The van der Waals surface area contributed by atoms with Crippen molar-refractivity contribution in [3.05, 3.63) is 114 Å². The fourth-order valence-electron chi connectivity index (χ4n) is 3.12. The summed E-state index contributed by atoms with van der Waals surface area (Å²) in [5, 5.41) is 1.61. The molecule has 2 aromatic rings. The van der Waals surface area contributed by atoms with Crippen LogP contribution in [-0.4, -0.2) is 11.3 Å². The second-order valence-electron chi connectivity index (χ2n) is 7.43. The van der Waals surface area contributed by atoms with Crippen LogP contribution in [0.15, 0.2) is 91.6 Å². The number of nitrogen functional groups attached to an aromatic ring is 1. The Balaban J connectivity index is 0.00000125. The molecule has 2 N–H and O–H groups in total. The Morgan fingerprint density at radius 3 is 2.18 bits per heavy atom. The molecule has 0 aliphatic carbocycles. The van der Waals surface area contributed by atoms with Crippen LogP contribution in [0.3, 0.4) is 0 Å². The highest BCUT2D eigenvalue weighted by atomic mass is 32.1. The number of anilines is 1. The largest absolute Gasteiger partial charge is 0.399 e. The third kappa shape index (κ3) is 8.16. The van der Waals surface area contributed by atoms with E-state index in [1.54, 1.807) is 17.5 Å². The summed E-state index contributed by atoms with van der Waals surface area (Å²) in [5.74, 6) is 1.97. The molecule has 0 saturated carbocycles. The lowest BCUT2D eigenvalue weighted by molar-refractivity contribution is 0.565. The maximum Gasteiger partial charge on any atom is 0.129 e. The lowest BCUT2D eigenvalue weighted by Crippen LogP contribution is -2.05. The van der Waals surface area contributed by atoms with E-state index in [1.807, 2.05) is 61.5 Å². The van der Waals surface area contributed by atoms with E-state index in [9.17, 15) is 4.79 Å². The molecule has 2 nitrogen and oxygen atoms in total. The zero-order valence-electron chi connectivity index (χ0n) is 19.6. The molecule has 1 unspecified atom stereocenters. The molecule has 0 aliphatic rings. The van der Waals surface area contributed by atoms with Crippen LogP contribution in [0.4, 0.5) is 5.69 Å². The summed E-state index contributed by atoms with van der Waals surface area (Å²) in [7, 11) is 0. The van der Waals surface area contributed by atoms with Crippen molar-refractivity contribution in [1.29, 1.82) is 0 Å². The zero-order chi connectivity index (χ0) is 24.8. The van der Waals surface area contributed by atoms with E-state index in [0.717, 1.165) is 39.8 Å². The average molecular weight is 456 g/mol. The van der Waals surface area contributed by atoms with E-state index < -0.39 is 0 Å². The fraction of sp³-hybridized carbons (Fsp3) is 0.167. The Labute approximate surface area is 204 Å². The summed E-state index contributed by atoms with van der Waals surface area (Å²) in [4.78, 5) is 12.0. The van der Waals surface area contributed by atoms with Gasteiger partial charge in [-0.05, 0) is 69.5 Å². The van der Waals surface area contributed by atoms with Gasteiger partial charge in [0, 0.05) is 18.0 Å². The molecule has 1 atom stereocenters. The molecule has 0 aliphatic heterocycles. The van der Waals surface area contributed by atoms with Crippen LogP contribution >= 0.6 is 12.2 Å². The van der Waals surface area contributed by atoms with Crippen LogP contribution in [0.1, 0.15) is 54.9 Å². The van der Waals surface area contributed by atoms with Gasteiger partial charge in [-0.25, -0.2) is 4.79 Å². The van der Waals surface area contributed by atoms with Gasteiger partial charge in [-0.3, -0.25) is 0 Å². The average Bonchev–Trinajstić information content (AvgIpc) is 2.84. The smallest absolute Gasteiger partial charge is 0.129 e. The molecular weight excluding hydrogens is 422 g/mol. The van der Waals surface area contributed by atoms with Crippen molar-refractivity contribution < 1.29 is 4.79 Å². The maximum absolute atomic E-state index is 12.0. The van der Waals surface area contributed by atoms with Crippen molar-refractivity contribution in [3.8, 4) is 0 Å². The Kier molecular flexibility index (Phi) is 12.1. The quantitative estimate of drug-likeness (QED) is 0.130. The number of hydrogen-bond acceptors (Lipinski definition) is 3. The van der Waals surface area contributed by atoms with Crippen LogP contribution in [0, 0.1) is 0 Å². The molecule has 0 aromatic heterocycles. The number of nitrogens with two attached hydrogens (primary N) is 1. The minimum absolute atomic E-state index is 0.174. The van der Waals surface area contributed by atoms with Crippen LogP contribution in [0.25, 0.3) is 18.2 Å². The van der Waals surface area contributed by atoms with Gasteiger partial charge in [0.25, 0.3) is 0 Å². The molecule has 2 aromatic carbocycles. The number of allylic oxidation sites excluding steroid dienone is 4. The molecule has 0 spiro atoms. The Morgan fingerprint density at radius 1 is 1.09 bits per heavy atom. The van der Waals surface area contributed by atoms with E-state index in [-0.39, 0.29) is 5.92 Å². The lowest BCUT2D eigenvalue weighted by Gasteiger charge is -2.18. The molecular formula is C30H33NOS. The van der Waals surface area contributed by atoms with Crippen LogP contribution in [-0.2, 0) is 4.79 Å². The van der Waals surface area contributed by atoms with Gasteiger partial charge < -0.3 is 5.73 Å². The molecule has 33 heavy (non-hydrogen) atoms. The second kappa shape index (κ2) is 14.5. The maximum atomic E-state index is 12.0. The summed E-state index contributed by atoms with van der Waals surface area (Å²) in [6.07, 6.45) is 8.98. The normalized spacial score (nSPS) is 11.2. The SMILES string of the molecule is C=CCC.C=Cc1ccc(/C=C(/C(=C)CC=S)C(=C=O)C(C)c2ccc(N)cc2)cc1C=C.